The van der Waals surface area contributed by atoms with Crippen LogP contribution in [0.5, 0.6) is 0 Å². The van der Waals surface area contributed by atoms with Crippen LogP contribution in [-0.2, 0) is 4.79 Å². The average Bonchev–Trinajstić information content (AvgIpc) is 2.27. The predicted molar refractivity (Wildman–Crippen MR) is 68.9 cm³/mol. The van der Waals surface area contributed by atoms with Gasteiger partial charge >= 0.3 is 0 Å². The quantitative estimate of drug-likeness (QED) is 0.711. The van der Waals surface area contributed by atoms with Crippen molar-refractivity contribution in [2.24, 2.45) is 29.6 Å². The largest absolute Gasteiger partial charge is 0.344 e. The summed E-state index contributed by atoms with van der Waals surface area (Å²) in [6.45, 7) is 0.698. The Labute approximate surface area is 109 Å². The first-order valence-electron chi connectivity index (χ1n) is 7.00. The zero-order chi connectivity index (χ0) is 12.0. The van der Waals surface area contributed by atoms with Gasteiger partial charge in [0.25, 0.3) is 0 Å². The van der Waals surface area contributed by atoms with E-state index in [1.165, 1.54) is 32.1 Å². The number of alkyl halides is 1. The Morgan fingerprint density at radius 2 is 1.65 bits per heavy atom. The molecule has 4 bridgehead atoms. The van der Waals surface area contributed by atoms with Crippen molar-refractivity contribution in [3.8, 4) is 0 Å². The summed E-state index contributed by atoms with van der Waals surface area (Å²) in [5, 5.41) is 0. The molecule has 0 aromatic rings. The Kier molecular flexibility index (Phi) is 3.10. The summed E-state index contributed by atoms with van der Waals surface area (Å²) in [4.78, 5) is 14.4. The van der Waals surface area contributed by atoms with Gasteiger partial charge in [0, 0.05) is 25.4 Å². The number of rotatable bonds is 3. The number of carbonyl (C=O) groups excluding carboxylic acids is 1. The Hall–Kier alpha value is -0.240. The molecule has 0 aliphatic heterocycles. The maximum atomic E-state index is 12.5. The molecule has 0 heterocycles. The van der Waals surface area contributed by atoms with E-state index in [1.807, 2.05) is 11.9 Å². The molecule has 96 valence electrons. The van der Waals surface area contributed by atoms with E-state index in [0.29, 0.717) is 36.1 Å². The number of nitrogens with zero attached hydrogens (tertiary/aromatic N) is 1. The molecule has 3 heteroatoms. The van der Waals surface area contributed by atoms with Gasteiger partial charge in [-0.05, 0) is 55.8 Å². The molecule has 2 nitrogen and oxygen atoms in total. The normalized spacial score (nSPS) is 42.8. The Morgan fingerprint density at radius 1 is 1.12 bits per heavy atom. The lowest BCUT2D eigenvalue weighted by molar-refractivity contribution is -0.147. The first kappa shape index (κ1) is 11.8. The molecule has 0 aromatic carbocycles. The van der Waals surface area contributed by atoms with Crippen molar-refractivity contribution >= 4 is 17.5 Å². The van der Waals surface area contributed by atoms with E-state index in [0.717, 1.165) is 11.8 Å². The minimum atomic E-state index is 0.330. The monoisotopic (exact) mass is 255 g/mol. The van der Waals surface area contributed by atoms with Gasteiger partial charge in [0.05, 0.1) is 0 Å². The van der Waals surface area contributed by atoms with E-state index in [2.05, 4.69) is 0 Å². The van der Waals surface area contributed by atoms with Gasteiger partial charge in [-0.1, -0.05) is 0 Å². The van der Waals surface area contributed by atoms with Crippen LogP contribution >= 0.6 is 11.6 Å². The van der Waals surface area contributed by atoms with Crippen LogP contribution in [0.2, 0.25) is 0 Å². The number of hydrogen-bond donors (Lipinski definition) is 0. The van der Waals surface area contributed by atoms with Crippen LogP contribution in [0.25, 0.3) is 0 Å². The molecule has 0 unspecified atom stereocenters. The number of amides is 1. The van der Waals surface area contributed by atoms with Crippen molar-refractivity contribution in [2.75, 3.05) is 19.5 Å². The van der Waals surface area contributed by atoms with Crippen LogP contribution < -0.4 is 0 Å². The lowest BCUT2D eigenvalue weighted by Crippen LogP contribution is -2.51. The van der Waals surface area contributed by atoms with E-state index in [9.17, 15) is 4.79 Å². The van der Waals surface area contributed by atoms with Crippen molar-refractivity contribution in [2.45, 2.75) is 32.1 Å². The summed E-state index contributed by atoms with van der Waals surface area (Å²) in [5.74, 6) is 4.53. The summed E-state index contributed by atoms with van der Waals surface area (Å²) in [6, 6.07) is 0. The number of carbonyl (C=O) groups is 1. The van der Waals surface area contributed by atoms with Gasteiger partial charge in [0.2, 0.25) is 5.91 Å². The molecule has 4 saturated carbocycles. The summed E-state index contributed by atoms with van der Waals surface area (Å²) >= 11 is 5.74. The minimum absolute atomic E-state index is 0.330. The summed E-state index contributed by atoms with van der Waals surface area (Å²) < 4.78 is 0. The first-order chi connectivity index (χ1) is 8.19. The van der Waals surface area contributed by atoms with Gasteiger partial charge in [-0.2, -0.15) is 0 Å². The standard InChI is InChI=1S/C14H22ClNO/c1-16(3-2-15)14(17)13-11-5-9-4-10(7-11)8-12(13)6-9/h9-13H,2-8H2,1H3. The third-order valence-electron chi connectivity index (χ3n) is 5.31. The fourth-order valence-electron chi connectivity index (χ4n) is 4.82. The Bertz CT molecular complexity index is 289. The fraction of sp³-hybridized carbons (Fsp3) is 0.929. The fourth-order valence-corrected chi connectivity index (χ4v) is 5.07. The highest BCUT2D eigenvalue weighted by atomic mass is 35.5. The van der Waals surface area contributed by atoms with Crippen LogP contribution in [-0.4, -0.2) is 30.3 Å². The molecular formula is C14H22ClNO. The lowest BCUT2D eigenvalue weighted by Gasteiger charge is -2.54. The summed E-state index contributed by atoms with van der Waals surface area (Å²) in [5.41, 5.74) is 0. The highest BCUT2D eigenvalue weighted by Gasteiger charge is 2.51. The van der Waals surface area contributed by atoms with Crippen LogP contribution in [0.3, 0.4) is 0 Å². The van der Waals surface area contributed by atoms with Gasteiger partial charge in [-0.25, -0.2) is 0 Å². The second kappa shape index (κ2) is 4.46. The summed E-state index contributed by atoms with van der Waals surface area (Å²) in [6.07, 6.45) is 6.72. The zero-order valence-electron chi connectivity index (χ0n) is 10.6. The second-order valence-corrected chi connectivity index (χ2v) is 6.78. The van der Waals surface area contributed by atoms with Crippen molar-refractivity contribution in [1.29, 1.82) is 0 Å². The van der Waals surface area contributed by atoms with Crippen molar-refractivity contribution in [3.63, 3.8) is 0 Å². The molecule has 4 aliphatic rings. The molecule has 0 aromatic heterocycles. The molecule has 0 N–H and O–H groups in total. The van der Waals surface area contributed by atoms with Crippen LogP contribution in [0.15, 0.2) is 0 Å². The molecule has 0 saturated heterocycles. The molecule has 1 amide bonds. The SMILES string of the molecule is CN(CCCl)C(=O)C1C2CC3CC(C2)CC1C3. The lowest BCUT2D eigenvalue weighted by atomic mass is 9.51. The van der Waals surface area contributed by atoms with Gasteiger partial charge in [-0.3, -0.25) is 4.79 Å². The molecule has 4 fully saturated rings. The number of halogens is 1. The van der Waals surface area contributed by atoms with Crippen molar-refractivity contribution < 1.29 is 4.79 Å². The summed E-state index contributed by atoms with van der Waals surface area (Å²) in [7, 11) is 1.91. The second-order valence-electron chi connectivity index (χ2n) is 6.41. The maximum Gasteiger partial charge on any atom is 0.226 e. The van der Waals surface area contributed by atoms with Gasteiger partial charge in [0.1, 0.15) is 0 Å². The van der Waals surface area contributed by atoms with E-state index >= 15 is 0 Å². The van der Waals surface area contributed by atoms with Crippen LogP contribution in [0, 0.1) is 29.6 Å². The molecule has 0 radical (unpaired) electrons. The highest BCUT2D eigenvalue weighted by Crippen LogP contribution is 2.56. The van der Waals surface area contributed by atoms with E-state index in [1.54, 1.807) is 0 Å². The van der Waals surface area contributed by atoms with Crippen molar-refractivity contribution in [3.05, 3.63) is 0 Å². The van der Waals surface area contributed by atoms with Crippen LogP contribution in [0.1, 0.15) is 32.1 Å². The maximum absolute atomic E-state index is 12.5. The predicted octanol–water partition coefficient (Wildman–Crippen LogP) is 2.76. The minimum Gasteiger partial charge on any atom is -0.344 e. The van der Waals surface area contributed by atoms with E-state index in [-0.39, 0.29) is 0 Å². The Balaban J connectivity index is 1.73. The third kappa shape index (κ3) is 1.99. The van der Waals surface area contributed by atoms with Gasteiger partial charge < -0.3 is 4.90 Å². The smallest absolute Gasteiger partial charge is 0.226 e. The molecule has 0 atom stereocenters. The molecule has 0 spiro atoms. The number of hydrogen-bond acceptors (Lipinski definition) is 1. The van der Waals surface area contributed by atoms with Crippen molar-refractivity contribution in [1.82, 2.24) is 4.90 Å². The van der Waals surface area contributed by atoms with E-state index in [4.69, 9.17) is 11.6 Å². The zero-order valence-corrected chi connectivity index (χ0v) is 11.3. The molecular weight excluding hydrogens is 234 g/mol. The molecule has 17 heavy (non-hydrogen) atoms. The Morgan fingerprint density at radius 3 is 2.12 bits per heavy atom. The van der Waals surface area contributed by atoms with Gasteiger partial charge in [-0.15, -0.1) is 11.6 Å². The van der Waals surface area contributed by atoms with E-state index < -0.39 is 0 Å². The van der Waals surface area contributed by atoms with Gasteiger partial charge in [0.15, 0.2) is 0 Å². The topological polar surface area (TPSA) is 20.3 Å². The molecule has 4 aliphatic carbocycles. The molecule has 4 rings (SSSR count). The highest BCUT2D eigenvalue weighted by molar-refractivity contribution is 6.18. The first-order valence-corrected chi connectivity index (χ1v) is 7.53. The average molecular weight is 256 g/mol. The third-order valence-corrected chi connectivity index (χ3v) is 5.48. The van der Waals surface area contributed by atoms with Crippen LogP contribution in [0.4, 0.5) is 0 Å².